The van der Waals surface area contributed by atoms with E-state index in [-0.39, 0.29) is 6.10 Å². The number of nitrogens with zero attached hydrogens (tertiary/aromatic N) is 1. The van der Waals surface area contributed by atoms with Crippen LogP contribution < -0.4 is 5.32 Å². The smallest absolute Gasteiger partial charge is 0.0928 e. The average Bonchev–Trinajstić information content (AvgIpc) is 2.28. The van der Waals surface area contributed by atoms with E-state index in [2.05, 4.69) is 16.4 Å². The van der Waals surface area contributed by atoms with Gasteiger partial charge >= 0.3 is 0 Å². The topological polar surface area (TPSA) is 43.4 Å². The lowest BCUT2D eigenvalue weighted by atomic mass is 10.2. The van der Waals surface area contributed by atoms with E-state index in [1.54, 1.807) is 14.2 Å². The second-order valence-corrected chi connectivity index (χ2v) is 3.81. The number of aryl methyl sites for hydroxylation is 1. The van der Waals surface area contributed by atoms with Gasteiger partial charge < -0.3 is 14.8 Å². The van der Waals surface area contributed by atoms with Crippen LogP contribution in [0.1, 0.15) is 11.1 Å². The van der Waals surface area contributed by atoms with Gasteiger partial charge in [0, 0.05) is 39.7 Å². The molecule has 0 radical (unpaired) electrons. The summed E-state index contributed by atoms with van der Waals surface area (Å²) in [5.74, 6) is 0. The molecule has 0 saturated carbocycles. The van der Waals surface area contributed by atoms with E-state index in [1.807, 2.05) is 19.3 Å². The van der Waals surface area contributed by atoms with Gasteiger partial charge in [0.15, 0.2) is 0 Å². The van der Waals surface area contributed by atoms with Crippen LogP contribution in [-0.4, -0.2) is 38.5 Å². The molecule has 0 aromatic carbocycles. The Morgan fingerprint density at radius 1 is 1.38 bits per heavy atom. The normalized spacial score (nSPS) is 12.7. The Morgan fingerprint density at radius 2 is 2.19 bits per heavy atom. The number of hydrogen-bond donors (Lipinski definition) is 1. The third-order valence-corrected chi connectivity index (χ3v) is 2.32. The molecule has 0 spiro atoms. The molecule has 90 valence electrons. The Hall–Kier alpha value is -0.970. The zero-order chi connectivity index (χ0) is 11.8. The van der Waals surface area contributed by atoms with Crippen molar-refractivity contribution >= 4 is 0 Å². The van der Waals surface area contributed by atoms with E-state index < -0.39 is 0 Å². The van der Waals surface area contributed by atoms with Crippen LogP contribution in [0.4, 0.5) is 0 Å². The number of nitrogens with one attached hydrogen (secondary N) is 1. The molecule has 1 N–H and O–H groups in total. The van der Waals surface area contributed by atoms with Crippen LogP contribution in [0.3, 0.4) is 0 Å². The maximum atomic E-state index is 5.25. The zero-order valence-electron chi connectivity index (χ0n) is 10.2. The molecule has 1 atom stereocenters. The molecule has 0 fully saturated rings. The van der Waals surface area contributed by atoms with Gasteiger partial charge in [-0.1, -0.05) is 6.07 Å². The van der Waals surface area contributed by atoms with Crippen LogP contribution in [-0.2, 0) is 16.0 Å². The first kappa shape index (κ1) is 13.1. The van der Waals surface area contributed by atoms with Gasteiger partial charge in [-0.05, 0) is 18.1 Å². The minimum atomic E-state index is 0.0998. The molecular formula is C12H20N2O2. The van der Waals surface area contributed by atoms with Crippen LogP contribution in [0.15, 0.2) is 18.5 Å². The monoisotopic (exact) mass is 224 g/mol. The highest BCUT2D eigenvalue weighted by atomic mass is 16.5. The molecule has 0 bridgehead atoms. The van der Waals surface area contributed by atoms with Crippen LogP contribution in [0.2, 0.25) is 0 Å². The van der Waals surface area contributed by atoms with Crippen molar-refractivity contribution in [2.45, 2.75) is 19.6 Å². The first-order valence-corrected chi connectivity index (χ1v) is 5.39. The Bertz CT molecular complexity index is 305. The zero-order valence-corrected chi connectivity index (χ0v) is 10.2. The summed E-state index contributed by atoms with van der Waals surface area (Å²) >= 11 is 0. The van der Waals surface area contributed by atoms with Gasteiger partial charge in [-0.2, -0.15) is 0 Å². The third-order valence-electron chi connectivity index (χ3n) is 2.32. The van der Waals surface area contributed by atoms with Gasteiger partial charge in [-0.25, -0.2) is 0 Å². The van der Waals surface area contributed by atoms with E-state index in [0.717, 1.165) is 13.1 Å². The van der Waals surface area contributed by atoms with E-state index in [0.29, 0.717) is 6.61 Å². The van der Waals surface area contributed by atoms with Crippen molar-refractivity contribution in [2.75, 3.05) is 27.4 Å². The molecule has 1 unspecified atom stereocenters. The maximum Gasteiger partial charge on any atom is 0.0928 e. The predicted octanol–water partition coefficient (Wildman–Crippen LogP) is 1.14. The van der Waals surface area contributed by atoms with Crippen molar-refractivity contribution in [2.24, 2.45) is 0 Å². The molecule has 0 aliphatic heterocycles. The summed E-state index contributed by atoms with van der Waals surface area (Å²) < 4.78 is 10.3. The van der Waals surface area contributed by atoms with Gasteiger partial charge in [-0.3, -0.25) is 4.98 Å². The summed E-state index contributed by atoms with van der Waals surface area (Å²) in [5, 5.41) is 3.32. The highest BCUT2D eigenvalue weighted by Gasteiger charge is 2.05. The highest BCUT2D eigenvalue weighted by Crippen LogP contribution is 2.00. The first-order chi connectivity index (χ1) is 7.76. The SMILES string of the molecule is COCC(CNCc1cncc(C)c1)OC. The van der Waals surface area contributed by atoms with Crippen molar-refractivity contribution in [1.82, 2.24) is 10.3 Å². The average molecular weight is 224 g/mol. The Morgan fingerprint density at radius 3 is 2.81 bits per heavy atom. The predicted molar refractivity (Wildman–Crippen MR) is 63.4 cm³/mol. The molecule has 0 saturated heterocycles. The minimum Gasteiger partial charge on any atom is -0.382 e. The van der Waals surface area contributed by atoms with Crippen LogP contribution in [0.25, 0.3) is 0 Å². The molecule has 0 amide bonds. The standard InChI is InChI=1S/C12H20N2O2/c1-10-4-11(6-13-5-10)7-14-8-12(16-3)9-15-2/h4-6,12,14H,7-9H2,1-3H3. The van der Waals surface area contributed by atoms with Crippen molar-refractivity contribution in [3.05, 3.63) is 29.6 Å². The fourth-order valence-electron chi connectivity index (χ4n) is 1.49. The van der Waals surface area contributed by atoms with Gasteiger partial charge in [0.25, 0.3) is 0 Å². The molecule has 1 heterocycles. The largest absolute Gasteiger partial charge is 0.382 e. The highest BCUT2D eigenvalue weighted by molar-refractivity contribution is 5.16. The lowest BCUT2D eigenvalue weighted by molar-refractivity contribution is 0.0288. The molecule has 4 nitrogen and oxygen atoms in total. The van der Waals surface area contributed by atoms with E-state index in [9.17, 15) is 0 Å². The molecule has 1 rings (SSSR count). The van der Waals surface area contributed by atoms with Crippen LogP contribution >= 0.6 is 0 Å². The van der Waals surface area contributed by atoms with Crippen molar-refractivity contribution in [1.29, 1.82) is 0 Å². The molecule has 0 aliphatic carbocycles. The molecule has 0 aliphatic rings. The van der Waals surface area contributed by atoms with E-state index >= 15 is 0 Å². The quantitative estimate of drug-likeness (QED) is 0.754. The van der Waals surface area contributed by atoms with E-state index in [4.69, 9.17) is 9.47 Å². The molecular weight excluding hydrogens is 204 g/mol. The van der Waals surface area contributed by atoms with Crippen molar-refractivity contribution < 1.29 is 9.47 Å². The minimum absolute atomic E-state index is 0.0998. The lowest BCUT2D eigenvalue weighted by Crippen LogP contribution is -2.31. The van der Waals surface area contributed by atoms with Crippen LogP contribution in [0.5, 0.6) is 0 Å². The third kappa shape index (κ3) is 4.70. The molecule has 4 heteroatoms. The number of rotatable bonds is 7. The molecule has 1 aromatic rings. The number of pyridine rings is 1. The Balaban J connectivity index is 2.29. The lowest BCUT2D eigenvalue weighted by Gasteiger charge is -2.14. The maximum absolute atomic E-state index is 5.25. The van der Waals surface area contributed by atoms with Gasteiger partial charge in [0.05, 0.1) is 12.7 Å². The number of aromatic nitrogens is 1. The van der Waals surface area contributed by atoms with Crippen molar-refractivity contribution in [3.63, 3.8) is 0 Å². The summed E-state index contributed by atoms with van der Waals surface area (Å²) in [6.07, 6.45) is 3.83. The second-order valence-electron chi connectivity index (χ2n) is 3.81. The van der Waals surface area contributed by atoms with Gasteiger partial charge in [0.1, 0.15) is 0 Å². The Labute approximate surface area is 97.0 Å². The fourth-order valence-corrected chi connectivity index (χ4v) is 1.49. The number of methoxy groups -OCH3 is 2. The van der Waals surface area contributed by atoms with Crippen molar-refractivity contribution in [3.8, 4) is 0 Å². The summed E-state index contributed by atoms with van der Waals surface area (Å²) in [6.45, 7) is 4.23. The summed E-state index contributed by atoms with van der Waals surface area (Å²) in [7, 11) is 3.37. The summed E-state index contributed by atoms with van der Waals surface area (Å²) in [5.41, 5.74) is 2.37. The molecule has 1 aromatic heterocycles. The summed E-state index contributed by atoms with van der Waals surface area (Å²) in [6, 6.07) is 2.12. The van der Waals surface area contributed by atoms with Crippen LogP contribution in [0, 0.1) is 6.92 Å². The Kier molecular flexibility index (Phi) is 6.00. The van der Waals surface area contributed by atoms with Gasteiger partial charge in [0.2, 0.25) is 0 Å². The first-order valence-electron chi connectivity index (χ1n) is 5.39. The number of ether oxygens (including phenoxy) is 2. The second kappa shape index (κ2) is 7.33. The molecule has 16 heavy (non-hydrogen) atoms. The van der Waals surface area contributed by atoms with E-state index in [1.165, 1.54) is 11.1 Å². The summed E-state index contributed by atoms with van der Waals surface area (Å²) in [4.78, 5) is 4.14. The number of hydrogen-bond acceptors (Lipinski definition) is 4. The fraction of sp³-hybridized carbons (Fsp3) is 0.583. The van der Waals surface area contributed by atoms with Gasteiger partial charge in [-0.15, -0.1) is 0 Å².